The van der Waals surface area contributed by atoms with E-state index in [1.807, 2.05) is 24.3 Å². The highest BCUT2D eigenvalue weighted by molar-refractivity contribution is 7.09. The van der Waals surface area contributed by atoms with Crippen molar-refractivity contribution in [3.8, 4) is 0 Å². The summed E-state index contributed by atoms with van der Waals surface area (Å²) in [4.78, 5) is 10.5. The number of nitrogens with two attached hydrogens (primary N) is 1. The van der Waals surface area contributed by atoms with Gasteiger partial charge in [0.1, 0.15) is 5.82 Å². The van der Waals surface area contributed by atoms with Gasteiger partial charge in [0.25, 0.3) is 0 Å². The fourth-order valence-corrected chi connectivity index (χ4v) is 2.71. The largest absolute Gasteiger partial charge is 0.409 e. The predicted molar refractivity (Wildman–Crippen MR) is 80.7 cm³/mol. The summed E-state index contributed by atoms with van der Waals surface area (Å²) >= 11 is 7.85. The SMILES string of the molecule is Cc1nc(CN(C)c2nccc(/C(N)=N/O)c2Cl)cs1. The molecule has 2 heterocycles. The smallest absolute Gasteiger partial charge is 0.171 e. The molecule has 0 atom stereocenters. The summed E-state index contributed by atoms with van der Waals surface area (Å²) in [5.41, 5.74) is 6.97. The van der Waals surface area contributed by atoms with Crippen molar-refractivity contribution in [2.24, 2.45) is 10.9 Å². The highest BCUT2D eigenvalue weighted by atomic mass is 35.5. The average Bonchev–Trinajstić information content (AvgIpc) is 2.83. The third kappa shape index (κ3) is 3.00. The Balaban J connectivity index is 2.28. The molecule has 2 aromatic rings. The number of thiazole rings is 1. The topological polar surface area (TPSA) is 87.6 Å². The molecule has 0 bridgehead atoms. The van der Waals surface area contributed by atoms with Crippen LogP contribution in [0.2, 0.25) is 5.02 Å². The van der Waals surface area contributed by atoms with Crippen molar-refractivity contribution >= 4 is 34.6 Å². The lowest BCUT2D eigenvalue weighted by atomic mass is 10.2. The maximum atomic E-state index is 8.74. The molecule has 0 radical (unpaired) electrons. The summed E-state index contributed by atoms with van der Waals surface area (Å²) in [5.74, 6) is 0.512. The van der Waals surface area contributed by atoms with Crippen LogP contribution in [0.1, 0.15) is 16.3 Å². The van der Waals surface area contributed by atoms with Gasteiger partial charge >= 0.3 is 0 Å². The summed E-state index contributed by atoms with van der Waals surface area (Å²) in [6.07, 6.45) is 1.57. The molecule has 0 aliphatic carbocycles. The van der Waals surface area contributed by atoms with E-state index < -0.39 is 0 Å². The molecule has 0 aliphatic heterocycles. The van der Waals surface area contributed by atoms with Gasteiger partial charge in [-0.15, -0.1) is 11.3 Å². The molecule has 2 aromatic heterocycles. The molecule has 0 aromatic carbocycles. The van der Waals surface area contributed by atoms with Crippen LogP contribution in [0.5, 0.6) is 0 Å². The van der Waals surface area contributed by atoms with Crippen LogP contribution in [0.4, 0.5) is 5.82 Å². The number of halogens is 1. The molecule has 3 N–H and O–H groups in total. The molecule has 0 aliphatic rings. The van der Waals surface area contributed by atoms with E-state index in [-0.39, 0.29) is 5.84 Å². The molecule has 0 spiro atoms. The lowest BCUT2D eigenvalue weighted by molar-refractivity contribution is 0.318. The van der Waals surface area contributed by atoms with Gasteiger partial charge in [0, 0.05) is 24.2 Å². The van der Waals surface area contributed by atoms with Gasteiger partial charge in [-0.3, -0.25) is 0 Å². The van der Waals surface area contributed by atoms with E-state index in [1.54, 1.807) is 23.6 Å². The average molecular weight is 312 g/mol. The second-order valence-corrected chi connectivity index (χ2v) is 5.64. The van der Waals surface area contributed by atoms with Crippen LogP contribution < -0.4 is 10.6 Å². The number of rotatable bonds is 4. The molecular weight excluding hydrogens is 298 g/mol. The monoisotopic (exact) mass is 311 g/mol. The number of aryl methyl sites for hydroxylation is 1. The first-order valence-corrected chi connectivity index (χ1v) is 7.03. The summed E-state index contributed by atoms with van der Waals surface area (Å²) < 4.78 is 0. The lowest BCUT2D eigenvalue weighted by Gasteiger charge is -2.19. The van der Waals surface area contributed by atoms with Crippen molar-refractivity contribution in [2.75, 3.05) is 11.9 Å². The van der Waals surface area contributed by atoms with Crippen molar-refractivity contribution in [1.82, 2.24) is 9.97 Å². The number of nitrogens with zero attached hydrogens (tertiary/aromatic N) is 4. The first-order chi connectivity index (χ1) is 9.52. The van der Waals surface area contributed by atoms with Crippen LogP contribution in [0.3, 0.4) is 0 Å². The molecule has 20 heavy (non-hydrogen) atoms. The number of amidine groups is 1. The zero-order chi connectivity index (χ0) is 14.7. The molecule has 0 saturated carbocycles. The third-order valence-corrected chi connectivity index (χ3v) is 3.88. The van der Waals surface area contributed by atoms with Crippen LogP contribution in [0, 0.1) is 6.92 Å². The van der Waals surface area contributed by atoms with Gasteiger partial charge in [-0.1, -0.05) is 16.8 Å². The predicted octanol–water partition coefficient (Wildman–Crippen LogP) is 2.23. The molecule has 0 unspecified atom stereocenters. The van der Waals surface area contributed by atoms with E-state index in [4.69, 9.17) is 22.5 Å². The molecule has 0 fully saturated rings. The Morgan fingerprint density at radius 2 is 2.35 bits per heavy atom. The van der Waals surface area contributed by atoms with Crippen LogP contribution >= 0.6 is 22.9 Å². The summed E-state index contributed by atoms with van der Waals surface area (Å²) in [7, 11) is 1.86. The minimum Gasteiger partial charge on any atom is -0.409 e. The molecular formula is C12H14ClN5OS. The number of oxime groups is 1. The number of aromatic nitrogens is 2. The molecule has 6 nitrogen and oxygen atoms in total. The first-order valence-electron chi connectivity index (χ1n) is 5.77. The number of anilines is 1. The quantitative estimate of drug-likeness (QED) is 0.391. The first kappa shape index (κ1) is 14.5. The minimum absolute atomic E-state index is 0.0449. The van der Waals surface area contributed by atoms with Gasteiger partial charge in [0.2, 0.25) is 0 Å². The van der Waals surface area contributed by atoms with Crippen molar-refractivity contribution in [3.63, 3.8) is 0 Å². The van der Waals surface area contributed by atoms with E-state index in [0.717, 1.165) is 10.7 Å². The number of pyridine rings is 1. The third-order valence-electron chi connectivity index (χ3n) is 2.68. The van der Waals surface area contributed by atoms with Crippen molar-refractivity contribution < 1.29 is 5.21 Å². The Kier molecular flexibility index (Phi) is 4.41. The van der Waals surface area contributed by atoms with Crippen LogP contribution in [-0.2, 0) is 6.54 Å². The zero-order valence-corrected chi connectivity index (χ0v) is 12.6. The molecule has 106 valence electrons. The molecule has 8 heteroatoms. The van der Waals surface area contributed by atoms with E-state index in [0.29, 0.717) is 22.9 Å². The van der Waals surface area contributed by atoms with Crippen molar-refractivity contribution in [1.29, 1.82) is 0 Å². The van der Waals surface area contributed by atoms with Crippen LogP contribution in [-0.4, -0.2) is 28.1 Å². The van der Waals surface area contributed by atoms with Gasteiger partial charge in [-0.05, 0) is 13.0 Å². The Hall–Kier alpha value is -1.86. The van der Waals surface area contributed by atoms with Gasteiger partial charge in [0.05, 0.1) is 22.3 Å². The molecule has 0 saturated heterocycles. The van der Waals surface area contributed by atoms with E-state index in [9.17, 15) is 0 Å². The zero-order valence-electron chi connectivity index (χ0n) is 11.0. The van der Waals surface area contributed by atoms with Gasteiger partial charge < -0.3 is 15.8 Å². The molecule has 0 amide bonds. The van der Waals surface area contributed by atoms with E-state index >= 15 is 0 Å². The second kappa shape index (κ2) is 6.06. The summed E-state index contributed by atoms with van der Waals surface area (Å²) in [6, 6.07) is 1.60. The Labute approximate surface area is 125 Å². The minimum atomic E-state index is -0.0449. The Bertz CT molecular complexity index is 643. The van der Waals surface area contributed by atoms with Gasteiger partial charge in [0.15, 0.2) is 5.84 Å². The van der Waals surface area contributed by atoms with E-state index in [2.05, 4.69) is 15.1 Å². The number of hydrogen-bond donors (Lipinski definition) is 2. The maximum absolute atomic E-state index is 8.74. The standard InChI is InChI=1S/C12H14ClN5OS/c1-7-16-8(6-20-7)5-18(2)12-10(13)9(3-4-15-12)11(14)17-19/h3-4,6,19H,5H2,1-2H3,(H2,14,17). The van der Waals surface area contributed by atoms with Crippen LogP contribution in [0.25, 0.3) is 0 Å². The van der Waals surface area contributed by atoms with Crippen molar-refractivity contribution in [3.05, 3.63) is 38.9 Å². The van der Waals surface area contributed by atoms with E-state index in [1.165, 1.54) is 0 Å². The van der Waals surface area contributed by atoms with Gasteiger partial charge in [-0.2, -0.15) is 0 Å². The summed E-state index contributed by atoms with van der Waals surface area (Å²) in [5, 5.41) is 15.1. The highest BCUT2D eigenvalue weighted by Gasteiger charge is 2.15. The highest BCUT2D eigenvalue weighted by Crippen LogP contribution is 2.27. The maximum Gasteiger partial charge on any atom is 0.171 e. The fraction of sp³-hybridized carbons (Fsp3) is 0.250. The Morgan fingerprint density at radius 3 is 2.95 bits per heavy atom. The van der Waals surface area contributed by atoms with Gasteiger partial charge in [-0.25, -0.2) is 9.97 Å². The van der Waals surface area contributed by atoms with Crippen LogP contribution in [0.15, 0.2) is 22.8 Å². The molecule has 2 rings (SSSR count). The lowest BCUT2D eigenvalue weighted by Crippen LogP contribution is -2.21. The normalized spacial score (nSPS) is 11.7. The fourth-order valence-electron chi connectivity index (χ4n) is 1.75. The Morgan fingerprint density at radius 1 is 1.60 bits per heavy atom. The van der Waals surface area contributed by atoms with Crippen molar-refractivity contribution in [2.45, 2.75) is 13.5 Å². The summed E-state index contributed by atoms with van der Waals surface area (Å²) in [6.45, 7) is 2.54. The second-order valence-electron chi connectivity index (χ2n) is 4.20. The number of hydrogen-bond acceptors (Lipinski definition) is 6.